The van der Waals surface area contributed by atoms with E-state index in [0.717, 1.165) is 11.1 Å². The molecule has 8 heteroatoms. The van der Waals surface area contributed by atoms with Gasteiger partial charge in [0.1, 0.15) is 6.61 Å². The number of hydrogen-bond donors (Lipinski definition) is 3. The molecular weight excluding hydrogens is 512 g/mol. The Morgan fingerprint density at radius 1 is 0.914 bits per heavy atom. The largest absolute Gasteiger partial charge is 0.478 e. The molecule has 1 aliphatic carbocycles. The van der Waals surface area contributed by atoms with Crippen molar-refractivity contribution in [3.63, 3.8) is 0 Å². The van der Waals surface area contributed by atoms with Crippen LogP contribution in [0.4, 0.5) is 10.5 Å². The molecule has 0 atom stereocenters. The van der Waals surface area contributed by atoms with Crippen molar-refractivity contribution in [2.24, 2.45) is 0 Å². The van der Waals surface area contributed by atoms with Crippen LogP contribution in [0.1, 0.15) is 46.7 Å². The van der Waals surface area contributed by atoms with Crippen LogP contribution < -0.4 is 10.6 Å². The van der Waals surface area contributed by atoms with Crippen molar-refractivity contribution in [2.75, 3.05) is 18.5 Å². The zero-order valence-corrected chi connectivity index (χ0v) is 20.5. The highest BCUT2D eigenvalue weighted by Crippen LogP contribution is 2.44. The molecule has 0 aromatic heterocycles. The molecule has 0 radical (unpaired) electrons. The minimum absolute atomic E-state index is 0.0112. The first kappa shape index (κ1) is 24.5. The van der Waals surface area contributed by atoms with E-state index in [2.05, 4.69) is 50.8 Å². The van der Waals surface area contributed by atoms with Gasteiger partial charge in [-0.2, -0.15) is 0 Å². The first-order valence-electron chi connectivity index (χ1n) is 11.4. The van der Waals surface area contributed by atoms with Crippen LogP contribution in [0.5, 0.6) is 0 Å². The summed E-state index contributed by atoms with van der Waals surface area (Å²) in [4.78, 5) is 35.6. The normalized spacial score (nSPS) is 11.9. The standard InChI is InChI=1S/C27H25BrN2O5/c28-24-13-12-17(15-22(24)26(32)33)30-25(31)11-5-6-14-29-27(34)35-16-23-20-9-3-1-7-18(20)19-8-2-4-10-21(19)23/h1-4,7-10,12-13,15,23H,5-6,11,14,16H2,(H,29,34)(H,30,31)(H,32,33). The number of unbranched alkanes of at least 4 members (excludes halogenated alkanes) is 1. The third-order valence-corrected chi connectivity index (χ3v) is 6.62. The first-order valence-corrected chi connectivity index (χ1v) is 12.1. The van der Waals surface area contributed by atoms with E-state index in [-0.39, 0.29) is 30.4 Å². The molecule has 3 aromatic carbocycles. The van der Waals surface area contributed by atoms with E-state index in [1.807, 2.05) is 24.3 Å². The molecule has 3 N–H and O–H groups in total. The Labute approximate surface area is 211 Å². The monoisotopic (exact) mass is 536 g/mol. The molecule has 0 unspecified atom stereocenters. The van der Waals surface area contributed by atoms with Crippen LogP contribution >= 0.6 is 15.9 Å². The Morgan fingerprint density at radius 3 is 2.23 bits per heavy atom. The number of fused-ring (bicyclic) bond motifs is 3. The highest BCUT2D eigenvalue weighted by Gasteiger charge is 2.28. The Balaban J connectivity index is 1.17. The molecule has 0 fully saturated rings. The average Bonchev–Trinajstić information content (AvgIpc) is 3.17. The van der Waals surface area contributed by atoms with Crippen molar-refractivity contribution in [1.82, 2.24) is 5.32 Å². The van der Waals surface area contributed by atoms with Crippen molar-refractivity contribution in [1.29, 1.82) is 0 Å². The zero-order chi connectivity index (χ0) is 24.8. The first-order chi connectivity index (χ1) is 16.9. The summed E-state index contributed by atoms with van der Waals surface area (Å²) in [5, 5.41) is 14.6. The Hall–Kier alpha value is -3.65. The highest BCUT2D eigenvalue weighted by molar-refractivity contribution is 9.10. The number of amides is 2. The van der Waals surface area contributed by atoms with Gasteiger partial charge < -0.3 is 20.5 Å². The highest BCUT2D eigenvalue weighted by atomic mass is 79.9. The summed E-state index contributed by atoms with van der Waals surface area (Å²) in [6, 6.07) is 21.0. The van der Waals surface area contributed by atoms with Gasteiger partial charge in [0, 0.05) is 29.0 Å². The number of carboxylic acid groups (broad SMARTS) is 1. The van der Waals surface area contributed by atoms with Crippen LogP contribution in [-0.4, -0.2) is 36.2 Å². The molecule has 0 bridgehead atoms. The minimum atomic E-state index is -1.08. The lowest BCUT2D eigenvalue weighted by Crippen LogP contribution is -2.27. The number of ether oxygens (including phenoxy) is 1. The number of carbonyl (C=O) groups excluding carboxylic acids is 2. The summed E-state index contributed by atoms with van der Waals surface area (Å²) in [5.74, 6) is -1.28. The van der Waals surface area contributed by atoms with Gasteiger partial charge in [-0.05, 0) is 69.2 Å². The summed E-state index contributed by atoms with van der Waals surface area (Å²) in [6.07, 6.45) is 0.952. The van der Waals surface area contributed by atoms with Gasteiger partial charge in [-0.25, -0.2) is 9.59 Å². The van der Waals surface area contributed by atoms with E-state index in [1.54, 1.807) is 12.1 Å². The zero-order valence-electron chi connectivity index (χ0n) is 18.9. The minimum Gasteiger partial charge on any atom is -0.478 e. The van der Waals surface area contributed by atoms with Gasteiger partial charge in [-0.1, -0.05) is 48.5 Å². The topological polar surface area (TPSA) is 105 Å². The predicted molar refractivity (Wildman–Crippen MR) is 137 cm³/mol. The molecule has 7 nitrogen and oxygen atoms in total. The predicted octanol–water partition coefficient (Wildman–Crippen LogP) is 5.79. The lowest BCUT2D eigenvalue weighted by molar-refractivity contribution is -0.116. The average molecular weight is 537 g/mol. The lowest BCUT2D eigenvalue weighted by Gasteiger charge is -2.14. The fourth-order valence-electron chi connectivity index (χ4n) is 4.24. The second-order valence-corrected chi connectivity index (χ2v) is 9.11. The molecular formula is C27H25BrN2O5. The number of hydrogen-bond acceptors (Lipinski definition) is 4. The maximum atomic E-state index is 12.2. The van der Waals surface area contributed by atoms with Gasteiger partial charge in [-0.3, -0.25) is 4.79 Å². The SMILES string of the molecule is O=C(CCCCNC(=O)OCC1c2ccccc2-c2ccccc21)Nc1ccc(Br)c(C(=O)O)c1. The number of anilines is 1. The van der Waals surface area contributed by atoms with Gasteiger partial charge in [0.2, 0.25) is 5.91 Å². The smallest absolute Gasteiger partial charge is 0.407 e. The number of rotatable bonds is 9. The molecule has 0 heterocycles. The van der Waals surface area contributed by atoms with Gasteiger partial charge in [0.05, 0.1) is 5.56 Å². The van der Waals surface area contributed by atoms with Gasteiger partial charge in [0.15, 0.2) is 0 Å². The third kappa shape index (κ3) is 5.89. The van der Waals surface area contributed by atoms with E-state index in [0.29, 0.717) is 29.5 Å². The Bertz CT molecular complexity index is 1210. The molecule has 1 aliphatic rings. The number of nitrogens with one attached hydrogen (secondary N) is 2. The van der Waals surface area contributed by atoms with Crippen LogP contribution in [0.2, 0.25) is 0 Å². The number of aromatic carboxylic acids is 1. The summed E-state index contributed by atoms with van der Waals surface area (Å²) in [6.45, 7) is 0.652. The molecule has 180 valence electrons. The number of alkyl carbamates (subject to hydrolysis) is 1. The molecule has 3 aromatic rings. The summed E-state index contributed by atoms with van der Waals surface area (Å²) in [5.41, 5.74) is 5.18. The fraction of sp³-hybridized carbons (Fsp3) is 0.222. The van der Waals surface area contributed by atoms with Gasteiger partial charge in [-0.15, -0.1) is 0 Å². The van der Waals surface area contributed by atoms with Crippen molar-refractivity contribution in [3.05, 3.63) is 87.9 Å². The Kier molecular flexibility index (Phi) is 7.82. The number of carboxylic acids is 1. The van der Waals surface area contributed by atoms with E-state index < -0.39 is 12.1 Å². The van der Waals surface area contributed by atoms with Crippen molar-refractivity contribution in [2.45, 2.75) is 25.2 Å². The van der Waals surface area contributed by atoms with Crippen LogP contribution in [0.15, 0.2) is 71.2 Å². The molecule has 0 saturated carbocycles. The molecule has 0 saturated heterocycles. The van der Waals surface area contributed by atoms with Crippen molar-refractivity contribution < 1.29 is 24.2 Å². The van der Waals surface area contributed by atoms with Crippen molar-refractivity contribution >= 4 is 39.6 Å². The summed E-state index contributed by atoms with van der Waals surface area (Å²) >= 11 is 3.17. The fourth-order valence-corrected chi connectivity index (χ4v) is 4.66. The second kappa shape index (κ2) is 11.2. The molecule has 35 heavy (non-hydrogen) atoms. The van der Waals surface area contributed by atoms with Crippen molar-refractivity contribution in [3.8, 4) is 11.1 Å². The maximum Gasteiger partial charge on any atom is 0.407 e. The second-order valence-electron chi connectivity index (χ2n) is 8.26. The molecule has 4 rings (SSSR count). The van der Waals surface area contributed by atoms with Crippen LogP contribution in [0, 0.1) is 0 Å². The number of halogens is 1. The molecule has 0 spiro atoms. The van der Waals surface area contributed by atoms with E-state index >= 15 is 0 Å². The third-order valence-electron chi connectivity index (χ3n) is 5.92. The van der Waals surface area contributed by atoms with Crippen LogP contribution in [0.25, 0.3) is 11.1 Å². The summed E-state index contributed by atoms with van der Waals surface area (Å²) < 4.78 is 5.95. The van der Waals surface area contributed by atoms with E-state index in [1.165, 1.54) is 17.2 Å². The van der Waals surface area contributed by atoms with Crippen LogP contribution in [-0.2, 0) is 9.53 Å². The number of benzene rings is 3. The van der Waals surface area contributed by atoms with Crippen LogP contribution in [0.3, 0.4) is 0 Å². The van der Waals surface area contributed by atoms with Gasteiger partial charge >= 0.3 is 12.1 Å². The molecule has 0 aliphatic heterocycles. The summed E-state index contributed by atoms with van der Waals surface area (Å²) in [7, 11) is 0. The quantitative estimate of drug-likeness (QED) is 0.300. The van der Waals surface area contributed by atoms with Gasteiger partial charge in [0.25, 0.3) is 0 Å². The van der Waals surface area contributed by atoms with E-state index in [9.17, 15) is 14.4 Å². The number of carbonyl (C=O) groups is 3. The molecule has 2 amide bonds. The maximum absolute atomic E-state index is 12.2. The van der Waals surface area contributed by atoms with E-state index in [4.69, 9.17) is 9.84 Å². The lowest BCUT2D eigenvalue weighted by atomic mass is 9.98. The Morgan fingerprint density at radius 2 is 1.57 bits per heavy atom.